The summed E-state index contributed by atoms with van der Waals surface area (Å²) in [4.78, 5) is 3.10. The van der Waals surface area contributed by atoms with Crippen LogP contribution in [-0.4, -0.2) is 57.6 Å². The second-order valence-corrected chi connectivity index (χ2v) is 5.57. The molecule has 2 rings (SSSR count). The van der Waals surface area contributed by atoms with Crippen molar-refractivity contribution >= 4 is 0 Å². The number of aliphatic hydroxyl groups excluding tert-OH is 1. The number of quaternary nitrogens is 2. The molecule has 3 N–H and O–H groups in total. The lowest BCUT2D eigenvalue weighted by Crippen LogP contribution is -3.27. The molecule has 4 nitrogen and oxygen atoms in total. The number of rotatable bonds is 6. The Morgan fingerprint density at radius 1 is 1.16 bits per heavy atom. The van der Waals surface area contributed by atoms with Crippen LogP contribution < -0.4 is 9.80 Å². The minimum absolute atomic E-state index is 0.350. The summed E-state index contributed by atoms with van der Waals surface area (Å²) in [6.45, 7) is 6.53. The fraction of sp³-hybridized carbons (Fsp3) is 0.600. The number of likely N-dealkylation sites (N-methyl/N-ethyl adjacent to an activating group) is 1. The van der Waals surface area contributed by atoms with Crippen molar-refractivity contribution in [3.05, 3.63) is 35.9 Å². The SMILES string of the molecule is C[NH+]1CC[NH+](C[C@H](O)COCc2ccccc2)CC1. The fourth-order valence-electron chi connectivity index (χ4n) is 2.51. The Morgan fingerprint density at radius 3 is 2.53 bits per heavy atom. The van der Waals surface area contributed by atoms with Crippen LogP contribution in [0.5, 0.6) is 0 Å². The highest BCUT2D eigenvalue weighted by Gasteiger charge is 2.22. The van der Waals surface area contributed by atoms with Crippen LogP contribution in [0.2, 0.25) is 0 Å². The van der Waals surface area contributed by atoms with Gasteiger partial charge in [0.2, 0.25) is 0 Å². The summed E-state index contributed by atoms with van der Waals surface area (Å²) in [6, 6.07) is 10.1. The van der Waals surface area contributed by atoms with Gasteiger partial charge in [0.25, 0.3) is 0 Å². The molecule has 0 radical (unpaired) electrons. The summed E-state index contributed by atoms with van der Waals surface area (Å²) < 4.78 is 5.58. The van der Waals surface area contributed by atoms with Crippen molar-refractivity contribution in [1.29, 1.82) is 0 Å². The van der Waals surface area contributed by atoms with Gasteiger partial charge in [0.1, 0.15) is 38.8 Å². The van der Waals surface area contributed by atoms with Gasteiger partial charge in [0.05, 0.1) is 20.3 Å². The van der Waals surface area contributed by atoms with Crippen LogP contribution >= 0.6 is 0 Å². The highest BCUT2D eigenvalue weighted by atomic mass is 16.5. The molecule has 1 atom stereocenters. The lowest BCUT2D eigenvalue weighted by Gasteiger charge is -2.28. The topological polar surface area (TPSA) is 38.3 Å². The predicted molar refractivity (Wildman–Crippen MR) is 74.3 cm³/mol. The number of aliphatic hydroxyl groups is 1. The first-order valence-electron chi connectivity index (χ1n) is 7.18. The molecule has 1 saturated heterocycles. The van der Waals surface area contributed by atoms with Gasteiger partial charge in [0.15, 0.2) is 0 Å². The molecule has 4 heteroatoms. The Bertz CT molecular complexity index is 350. The van der Waals surface area contributed by atoms with Crippen LogP contribution in [0.4, 0.5) is 0 Å². The number of hydrogen-bond donors (Lipinski definition) is 3. The van der Waals surface area contributed by atoms with Crippen molar-refractivity contribution in [3.8, 4) is 0 Å². The zero-order valence-electron chi connectivity index (χ0n) is 11.8. The van der Waals surface area contributed by atoms with Gasteiger partial charge in [-0.2, -0.15) is 0 Å². The fourth-order valence-corrected chi connectivity index (χ4v) is 2.51. The van der Waals surface area contributed by atoms with Gasteiger partial charge in [-0.15, -0.1) is 0 Å². The third-order valence-corrected chi connectivity index (χ3v) is 3.76. The van der Waals surface area contributed by atoms with E-state index in [1.165, 1.54) is 18.0 Å². The van der Waals surface area contributed by atoms with Gasteiger partial charge in [-0.05, 0) is 5.56 Å². The second-order valence-electron chi connectivity index (χ2n) is 5.57. The van der Waals surface area contributed by atoms with Crippen LogP contribution in [0, 0.1) is 0 Å². The summed E-state index contributed by atoms with van der Waals surface area (Å²) in [6.07, 6.45) is -0.350. The van der Waals surface area contributed by atoms with E-state index in [2.05, 4.69) is 7.05 Å². The number of nitrogens with one attached hydrogen (secondary N) is 2. The van der Waals surface area contributed by atoms with Crippen molar-refractivity contribution in [2.75, 3.05) is 46.4 Å². The number of piperazine rings is 1. The van der Waals surface area contributed by atoms with Crippen molar-refractivity contribution in [2.45, 2.75) is 12.7 Å². The van der Waals surface area contributed by atoms with E-state index < -0.39 is 0 Å². The van der Waals surface area contributed by atoms with E-state index in [0.717, 1.165) is 25.2 Å². The molecule has 0 unspecified atom stereocenters. The molecule has 1 aromatic rings. The molecule has 19 heavy (non-hydrogen) atoms. The molecule has 0 saturated carbocycles. The third-order valence-electron chi connectivity index (χ3n) is 3.76. The molecule has 0 aliphatic carbocycles. The molecule has 1 aliphatic heterocycles. The Morgan fingerprint density at radius 2 is 1.84 bits per heavy atom. The monoisotopic (exact) mass is 266 g/mol. The van der Waals surface area contributed by atoms with Gasteiger partial charge in [-0.25, -0.2) is 0 Å². The Balaban J connectivity index is 1.61. The average molecular weight is 266 g/mol. The second kappa shape index (κ2) is 7.60. The van der Waals surface area contributed by atoms with Crippen LogP contribution in [0.15, 0.2) is 30.3 Å². The molecule has 106 valence electrons. The van der Waals surface area contributed by atoms with Crippen LogP contribution in [0.25, 0.3) is 0 Å². The quantitative estimate of drug-likeness (QED) is 0.556. The summed E-state index contributed by atoms with van der Waals surface area (Å²) >= 11 is 0. The number of hydrogen-bond acceptors (Lipinski definition) is 2. The van der Waals surface area contributed by atoms with E-state index in [0.29, 0.717) is 13.2 Å². The van der Waals surface area contributed by atoms with Crippen molar-refractivity contribution < 1.29 is 19.6 Å². The molecule has 0 aromatic heterocycles. The van der Waals surface area contributed by atoms with E-state index in [-0.39, 0.29) is 6.10 Å². The zero-order valence-corrected chi connectivity index (χ0v) is 11.8. The summed E-state index contributed by atoms with van der Waals surface area (Å²) in [5.41, 5.74) is 1.16. The Hall–Kier alpha value is -0.940. The summed E-state index contributed by atoms with van der Waals surface area (Å²) in [5, 5.41) is 9.99. The van der Waals surface area contributed by atoms with E-state index in [9.17, 15) is 5.11 Å². The van der Waals surface area contributed by atoms with Crippen molar-refractivity contribution in [3.63, 3.8) is 0 Å². The van der Waals surface area contributed by atoms with Gasteiger partial charge in [0, 0.05) is 0 Å². The molecule has 0 amide bonds. The Kier molecular flexibility index (Phi) is 5.79. The minimum atomic E-state index is -0.350. The standard InChI is InChI=1S/C15H24N2O2/c1-16-7-9-17(10-8-16)11-15(18)13-19-12-14-5-3-2-4-6-14/h2-6,15,18H,7-13H2,1H3/p+2/t15-/m0/s1. The first kappa shape index (κ1) is 14.5. The highest BCUT2D eigenvalue weighted by Crippen LogP contribution is 2.00. The van der Waals surface area contributed by atoms with Gasteiger partial charge >= 0.3 is 0 Å². The van der Waals surface area contributed by atoms with Crippen LogP contribution in [-0.2, 0) is 11.3 Å². The molecular weight excluding hydrogens is 240 g/mol. The third kappa shape index (κ3) is 5.28. The van der Waals surface area contributed by atoms with Crippen LogP contribution in [0.3, 0.4) is 0 Å². The predicted octanol–water partition coefficient (Wildman–Crippen LogP) is -2.02. The molecule has 1 fully saturated rings. The van der Waals surface area contributed by atoms with E-state index in [4.69, 9.17) is 4.74 Å². The van der Waals surface area contributed by atoms with Gasteiger partial charge in [-0.3, -0.25) is 0 Å². The zero-order chi connectivity index (χ0) is 13.5. The molecule has 0 bridgehead atoms. The lowest BCUT2D eigenvalue weighted by atomic mass is 10.2. The Labute approximate surface area is 115 Å². The summed E-state index contributed by atoms with van der Waals surface area (Å²) in [5.74, 6) is 0. The molecule has 1 aromatic carbocycles. The smallest absolute Gasteiger partial charge is 0.127 e. The first-order valence-corrected chi connectivity index (χ1v) is 7.18. The maximum Gasteiger partial charge on any atom is 0.127 e. The molecule has 1 heterocycles. The van der Waals surface area contributed by atoms with E-state index >= 15 is 0 Å². The summed E-state index contributed by atoms with van der Waals surface area (Å²) in [7, 11) is 2.23. The lowest BCUT2D eigenvalue weighted by molar-refractivity contribution is -1.00. The van der Waals surface area contributed by atoms with Crippen molar-refractivity contribution in [2.24, 2.45) is 0 Å². The average Bonchev–Trinajstić information content (AvgIpc) is 2.43. The molecular formula is C15H26N2O2+2. The molecule has 1 aliphatic rings. The normalized spacial score (nSPS) is 25.2. The maximum atomic E-state index is 9.99. The van der Waals surface area contributed by atoms with Crippen LogP contribution in [0.1, 0.15) is 5.56 Å². The van der Waals surface area contributed by atoms with Gasteiger partial charge in [-0.1, -0.05) is 30.3 Å². The molecule has 0 spiro atoms. The van der Waals surface area contributed by atoms with Crippen molar-refractivity contribution in [1.82, 2.24) is 0 Å². The largest absolute Gasteiger partial charge is 0.385 e. The highest BCUT2D eigenvalue weighted by molar-refractivity contribution is 5.13. The number of benzene rings is 1. The minimum Gasteiger partial charge on any atom is -0.385 e. The van der Waals surface area contributed by atoms with E-state index in [1.54, 1.807) is 4.90 Å². The maximum absolute atomic E-state index is 9.99. The first-order chi connectivity index (χ1) is 9.24. The number of ether oxygens (including phenoxy) is 1. The van der Waals surface area contributed by atoms with E-state index in [1.807, 2.05) is 30.3 Å². The van der Waals surface area contributed by atoms with Gasteiger partial charge < -0.3 is 19.6 Å².